The van der Waals surface area contributed by atoms with Crippen molar-refractivity contribution in [2.45, 2.75) is 13.0 Å². The van der Waals surface area contributed by atoms with Gasteiger partial charge in [0.15, 0.2) is 0 Å². The number of nitrogens with zero attached hydrogens (tertiary/aromatic N) is 1. The molecule has 13 heavy (non-hydrogen) atoms. The zero-order chi connectivity index (χ0) is 10.0. The lowest BCUT2D eigenvalue weighted by atomic mass is 10.2. The minimum atomic E-state index is -2.82. The van der Waals surface area contributed by atoms with Gasteiger partial charge in [0.2, 0.25) is 5.95 Å². The Morgan fingerprint density at radius 1 is 1.54 bits per heavy atom. The molecule has 0 aromatic carbocycles. The molecule has 72 valence electrons. The van der Waals surface area contributed by atoms with E-state index in [1.54, 1.807) is 0 Å². The van der Waals surface area contributed by atoms with Crippen LogP contribution in [0.1, 0.15) is 17.7 Å². The topological polar surface area (TPSA) is 33.1 Å². The Morgan fingerprint density at radius 3 is 2.54 bits per heavy atom. The van der Waals surface area contributed by atoms with Crippen molar-refractivity contribution in [3.05, 3.63) is 27.7 Å². The van der Waals surface area contributed by atoms with Gasteiger partial charge in [-0.05, 0) is 6.07 Å². The molecular formula is C7H5BrF3NO. The molecule has 1 aromatic rings. The van der Waals surface area contributed by atoms with Crippen molar-refractivity contribution in [3.8, 4) is 0 Å². The second-order valence-electron chi connectivity index (χ2n) is 2.26. The SMILES string of the molecule is OCc1c(Br)cc(C(F)F)nc1F. The Morgan fingerprint density at radius 2 is 2.15 bits per heavy atom. The monoisotopic (exact) mass is 255 g/mol. The van der Waals surface area contributed by atoms with Gasteiger partial charge in [0.05, 0.1) is 6.61 Å². The van der Waals surface area contributed by atoms with Gasteiger partial charge < -0.3 is 5.11 Å². The highest BCUT2D eigenvalue weighted by Gasteiger charge is 2.15. The molecule has 1 aromatic heterocycles. The molecule has 0 radical (unpaired) electrons. The molecule has 0 aliphatic rings. The molecule has 0 fully saturated rings. The molecule has 0 spiro atoms. The van der Waals surface area contributed by atoms with Gasteiger partial charge in [-0.25, -0.2) is 13.8 Å². The third kappa shape index (κ3) is 2.19. The van der Waals surface area contributed by atoms with Crippen LogP contribution in [0.15, 0.2) is 10.5 Å². The highest BCUT2D eigenvalue weighted by Crippen LogP contribution is 2.25. The van der Waals surface area contributed by atoms with Crippen molar-refractivity contribution < 1.29 is 18.3 Å². The third-order valence-corrected chi connectivity index (χ3v) is 2.13. The maximum atomic E-state index is 12.8. The van der Waals surface area contributed by atoms with Crippen LogP contribution in [-0.2, 0) is 6.61 Å². The number of hydrogen-bond acceptors (Lipinski definition) is 2. The summed E-state index contributed by atoms with van der Waals surface area (Å²) in [5.41, 5.74) is -0.772. The molecule has 0 atom stereocenters. The minimum Gasteiger partial charge on any atom is -0.391 e. The fourth-order valence-electron chi connectivity index (χ4n) is 0.781. The normalized spacial score (nSPS) is 10.9. The van der Waals surface area contributed by atoms with Crippen LogP contribution in [0.2, 0.25) is 0 Å². The van der Waals surface area contributed by atoms with Gasteiger partial charge in [0.1, 0.15) is 5.69 Å². The summed E-state index contributed by atoms with van der Waals surface area (Å²) in [4.78, 5) is 3.00. The zero-order valence-corrected chi connectivity index (χ0v) is 7.85. The van der Waals surface area contributed by atoms with Crippen LogP contribution in [0.4, 0.5) is 13.2 Å². The molecule has 1 rings (SSSR count). The second kappa shape index (κ2) is 4.06. The van der Waals surface area contributed by atoms with E-state index in [0.29, 0.717) is 0 Å². The van der Waals surface area contributed by atoms with Gasteiger partial charge in [-0.2, -0.15) is 4.39 Å². The summed E-state index contributed by atoms with van der Waals surface area (Å²) in [6, 6.07) is 0.985. The third-order valence-electron chi connectivity index (χ3n) is 1.42. The first-order chi connectivity index (χ1) is 6.06. The van der Waals surface area contributed by atoms with E-state index in [2.05, 4.69) is 20.9 Å². The molecule has 0 unspecified atom stereocenters. The second-order valence-corrected chi connectivity index (χ2v) is 3.11. The Labute approximate surface area is 80.5 Å². The number of rotatable bonds is 2. The molecule has 1 N–H and O–H groups in total. The first-order valence-electron chi connectivity index (χ1n) is 3.30. The highest BCUT2D eigenvalue weighted by molar-refractivity contribution is 9.10. The van der Waals surface area contributed by atoms with Crippen molar-refractivity contribution >= 4 is 15.9 Å². The molecule has 2 nitrogen and oxygen atoms in total. The van der Waals surface area contributed by atoms with E-state index < -0.39 is 24.7 Å². The van der Waals surface area contributed by atoms with E-state index in [1.165, 1.54) is 0 Å². The fraction of sp³-hybridized carbons (Fsp3) is 0.286. The smallest absolute Gasteiger partial charge is 0.280 e. The molecule has 0 saturated carbocycles. The Balaban J connectivity index is 3.20. The fourth-order valence-corrected chi connectivity index (χ4v) is 1.30. The lowest BCUT2D eigenvalue weighted by Crippen LogP contribution is -2.00. The average molecular weight is 256 g/mol. The number of aliphatic hydroxyl groups is 1. The van der Waals surface area contributed by atoms with Gasteiger partial charge in [-0.3, -0.25) is 0 Å². The van der Waals surface area contributed by atoms with Crippen LogP contribution in [0.25, 0.3) is 0 Å². The van der Waals surface area contributed by atoms with Crippen molar-refractivity contribution in [1.29, 1.82) is 0 Å². The zero-order valence-electron chi connectivity index (χ0n) is 6.27. The highest BCUT2D eigenvalue weighted by atomic mass is 79.9. The van der Waals surface area contributed by atoms with Gasteiger partial charge in [0.25, 0.3) is 6.43 Å². The summed E-state index contributed by atoms with van der Waals surface area (Å²) < 4.78 is 37.0. The summed E-state index contributed by atoms with van der Waals surface area (Å²) in [5, 5.41) is 8.63. The van der Waals surface area contributed by atoms with Crippen molar-refractivity contribution in [3.63, 3.8) is 0 Å². The lowest BCUT2D eigenvalue weighted by Gasteiger charge is -2.04. The van der Waals surface area contributed by atoms with Gasteiger partial charge in [0, 0.05) is 10.0 Å². The molecule has 1 heterocycles. The van der Waals surface area contributed by atoms with Crippen LogP contribution >= 0.6 is 15.9 Å². The number of pyridine rings is 1. The van der Waals surface area contributed by atoms with E-state index >= 15 is 0 Å². The van der Waals surface area contributed by atoms with E-state index in [1.807, 2.05) is 0 Å². The molecule has 0 saturated heterocycles. The molecular weight excluding hydrogens is 251 g/mol. The van der Waals surface area contributed by atoms with Crippen molar-refractivity contribution in [1.82, 2.24) is 4.98 Å². The summed E-state index contributed by atoms with van der Waals surface area (Å²) in [7, 11) is 0. The number of hydrogen-bond donors (Lipinski definition) is 1. The van der Waals surface area contributed by atoms with Crippen LogP contribution in [0, 0.1) is 5.95 Å². The van der Waals surface area contributed by atoms with Crippen LogP contribution < -0.4 is 0 Å². The van der Waals surface area contributed by atoms with Crippen molar-refractivity contribution in [2.24, 2.45) is 0 Å². The predicted molar refractivity (Wildman–Crippen MR) is 42.8 cm³/mol. The molecule has 0 bridgehead atoms. The molecule has 6 heteroatoms. The Bertz CT molecular complexity index is 296. The molecule has 0 amide bonds. The summed E-state index contributed by atoms with van der Waals surface area (Å²) in [5.74, 6) is -1.08. The summed E-state index contributed by atoms with van der Waals surface area (Å²) in [6.07, 6.45) is -2.82. The predicted octanol–water partition coefficient (Wildman–Crippen LogP) is 2.41. The lowest BCUT2D eigenvalue weighted by molar-refractivity contribution is 0.144. The van der Waals surface area contributed by atoms with Gasteiger partial charge >= 0.3 is 0 Å². The van der Waals surface area contributed by atoms with Gasteiger partial charge in [-0.15, -0.1) is 0 Å². The van der Waals surface area contributed by atoms with E-state index in [4.69, 9.17) is 5.11 Å². The first-order valence-corrected chi connectivity index (χ1v) is 4.09. The number of halogens is 4. The van der Waals surface area contributed by atoms with Gasteiger partial charge in [-0.1, -0.05) is 15.9 Å². The Hall–Kier alpha value is -0.620. The Kier molecular flexibility index (Phi) is 3.27. The molecule has 0 aliphatic carbocycles. The number of aliphatic hydroxyl groups excluding tert-OH is 1. The van der Waals surface area contributed by atoms with Crippen LogP contribution in [0.5, 0.6) is 0 Å². The minimum absolute atomic E-state index is 0.0952. The average Bonchev–Trinajstić information content (AvgIpc) is 2.03. The summed E-state index contributed by atoms with van der Waals surface area (Å²) >= 11 is 2.85. The summed E-state index contributed by atoms with van der Waals surface area (Å²) in [6.45, 7) is -0.580. The van der Waals surface area contributed by atoms with Crippen molar-refractivity contribution in [2.75, 3.05) is 0 Å². The van der Waals surface area contributed by atoms with Crippen LogP contribution in [0.3, 0.4) is 0 Å². The van der Waals surface area contributed by atoms with Crippen LogP contribution in [-0.4, -0.2) is 10.1 Å². The maximum Gasteiger partial charge on any atom is 0.280 e. The number of aromatic nitrogens is 1. The van der Waals surface area contributed by atoms with E-state index in [9.17, 15) is 13.2 Å². The number of alkyl halides is 2. The first kappa shape index (κ1) is 10.5. The van der Waals surface area contributed by atoms with E-state index in [0.717, 1.165) is 6.07 Å². The van der Waals surface area contributed by atoms with E-state index in [-0.39, 0.29) is 10.0 Å². The largest absolute Gasteiger partial charge is 0.391 e. The standard InChI is InChI=1S/C7H5BrF3NO/c8-4-1-5(6(9)10)12-7(11)3(4)2-13/h1,6,13H,2H2. The molecule has 0 aliphatic heterocycles. The maximum absolute atomic E-state index is 12.8. The quantitative estimate of drug-likeness (QED) is 0.824.